The van der Waals surface area contributed by atoms with Gasteiger partial charge < -0.3 is 10.2 Å². The van der Waals surface area contributed by atoms with Crippen LogP contribution in [0.15, 0.2) is 48.1 Å². The van der Waals surface area contributed by atoms with Gasteiger partial charge in [-0.25, -0.2) is 0 Å². The minimum absolute atomic E-state index is 0.214. The Hall–Kier alpha value is -0.903. The summed E-state index contributed by atoms with van der Waals surface area (Å²) >= 11 is 0. The standard InChI is InChI=1S/C21H34O2Si/c1-7-9-10-17-16(3)21(12-13-21)20(4,23)19(22)18(17)11-15-24(5,6)14-8-2/h7-8,11,19,22-23H,1-2,9-10,12-15H2,3-6H3/b18-11-/t19-,20-/m0/s1. The molecule has 0 radical (unpaired) electrons. The summed E-state index contributed by atoms with van der Waals surface area (Å²) in [6, 6.07) is 2.07. The maximum absolute atomic E-state index is 11.1. The lowest BCUT2D eigenvalue weighted by atomic mass is 9.66. The van der Waals surface area contributed by atoms with Crippen LogP contribution >= 0.6 is 0 Å². The number of aliphatic hydroxyl groups excluding tert-OH is 1. The second-order valence-corrected chi connectivity index (χ2v) is 13.7. The molecule has 0 aromatic carbocycles. The predicted molar refractivity (Wildman–Crippen MR) is 106 cm³/mol. The Morgan fingerprint density at radius 2 is 1.83 bits per heavy atom. The van der Waals surface area contributed by atoms with Crippen molar-refractivity contribution in [2.45, 2.75) is 76.4 Å². The number of rotatable bonds is 7. The molecule has 134 valence electrons. The lowest BCUT2D eigenvalue weighted by Crippen LogP contribution is -2.52. The highest BCUT2D eigenvalue weighted by molar-refractivity contribution is 6.78. The summed E-state index contributed by atoms with van der Waals surface area (Å²) in [5, 5.41) is 22.1. The topological polar surface area (TPSA) is 40.5 Å². The van der Waals surface area contributed by atoms with Crippen molar-refractivity contribution in [2.75, 3.05) is 0 Å². The van der Waals surface area contributed by atoms with E-state index in [-0.39, 0.29) is 5.41 Å². The average molecular weight is 347 g/mol. The average Bonchev–Trinajstić information content (AvgIpc) is 3.30. The number of hydrogen-bond acceptors (Lipinski definition) is 2. The van der Waals surface area contributed by atoms with E-state index in [1.54, 1.807) is 0 Å². The molecule has 0 heterocycles. The molecule has 2 aliphatic carbocycles. The van der Waals surface area contributed by atoms with Crippen LogP contribution in [0.4, 0.5) is 0 Å². The molecular weight excluding hydrogens is 312 g/mol. The minimum Gasteiger partial charge on any atom is -0.386 e. The number of aliphatic hydroxyl groups is 2. The van der Waals surface area contributed by atoms with Gasteiger partial charge in [-0.05, 0) is 62.8 Å². The lowest BCUT2D eigenvalue weighted by Gasteiger charge is -2.45. The van der Waals surface area contributed by atoms with Crippen LogP contribution in [0.3, 0.4) is 0 Å². The fourth-order valence-electron chi connectivity index (χ4n) is 4.29. The molecule has 24 heavy (non-hydrogen) atoms. The summed E-state index contributed by atoms with van der Waals surface area (Å²) in [6.07, 6.45) is 9.13. The van der Waals surface area contributed by atoms with Gasteiger partial charge in [-0.1, -0.05) is 36.9 Å². The zero-order chi connectivity index (χ0) is 18.2. The third-order valence-corrected chi connectivity index (χ3v) is 8.94. The Bertz CT molecular complexity index is 577. The second-order valence-electron chi connectivity index (χ2n) is 8.58. The van der Waals surface area contributed by atoms with Crippen molar-refractivity contribution >= 4 is 8.07 Å². The molecular formula is C21H34O2Si. The summed E-state index contributed by atoms with van der Waals surface area (Å²) in [5.74, 6) is 0. The van der Waals surface area contributed by atoms with Gasteiger partial charge in [-0.15, -0.1) is 13.2 Å². The van der Waals surface area contributed by atoms with Gasteiger partial charge in [0.05, 0.1) is 8.07 Å². The summed E-state index contributed by atoms with van der Waals surface area (Å²) in [5.41, 5.74) is 2.23. The van der Waals surface area contributed by atoms with E-state index >= 15 is 0 Å². The summed E-state index contributed by atoms with van der Waals surface area (Å²) in [4.78, 5) is 0. The van der Waals surface area contributed by atoms with Crippen LogP contribution in [0, 0.1) is 5.41 Å². The quantitative estimate of drug-likeness (QED) is 0.503. The Morgan fingerprint density at radius 1 is 1.21 bits per heavy atom. The molecule has 0 bridgehead atoms. The van der Waals surface area contributed by atoms with Crippen LogP contribution in [0.5, 0.6) is 0 Å². The van der Waals surface area contributed by atoms with E-state index in [2.05, 4.69) is 39.3 Å². The van der Waals surface area contributed by atoms with E-state index in [0.717, 1.165) is 43.3 Å². The minimum atomic E-state index is -1.40. The van der Waals surface area contributed by atoms with Gasteiger partial charge in [0.1, 0.15) is 11.7 Å². The summed E-state index contributed by atoms with van der Waals surface area (Å²) in [7, 11) is -1.40. The van der Waals surface area contributed by atoms with Gasteiger partial charge >= 0.3 is 0 Å². The molecule has 3 heteroatoms. The smallest absolute Gasteiger partial charge is 0.108 e. The summed E-state index contributed by atoms with van der Waals surface area (Å²) in [6.45, 7) is 16.4. The van der Waals surface area contributed by atoms with Gasteiger partial charge in [0, 0.05) is 5.41 Å². The molecule has 0 aromatic rings. The summed E-state index contributed by atoms with van der Waals surface area (Å²) < 4.78 is 0. The highest BCUT2D eigenvalue weighted by Crippen LogP contribution is 2.64. The number of hydrogen-bond donors (Lipinski definition) is 2. The first-order valence-corrected chi connectivity index (χ1v) is 12.6. The van der Waals surface area contributed by atoms with Gasteiger partial charge in [0.2, 0.25) is 0 Å². The molecule has 0 amide bonds. The van der Waals surface area contributed by atoms with E-state index < -0.39 is 19.8 Å². The molecule has 1 fully saturated rings. The van der Waals surface area contributed by atoms with E-state index in [1.807, 2.05) is 19.1 Å². The van der Waals surface area contributed by atoms with Crippen LogP contribution in [0.25, 0.3) is 0 Å². The molecule has 0 unspecified atom stereocenters. The van der Waals surface area contributed by atoms with E-state index in [1.165, 1.54) is 11.1 Å². The maximum atomic E-state index is 11.1. The Labute approximate surface area is 148 Å². The second kappa shape index (κ2) is 6.78. The van der Waals surface area contributed by atoms with Gasteiger partial charge in [0.25, 0.3) is 0 Å². The van der Waals surface area contributed by atoms with Crippen LogP contribution in [-0.4, -0.2) is 30.0 Å². The molecule has 1 saturated carbocycles. The SMILES string of the molecule is C=CCCC1=C(C)C2(CC2)[C@@](C)(O)[C@@H](O)/C1=C\C[Si](C)(C)CC=C. The first-order valence-electron chi connectivity index (χ1n) is 9.16. The normalized spacial score (nSPS) is 30.8. The maximum Gasteiger partial charge on any atom is 0.108 e. The fraction of sp³-hybridized carbons (Fsp3) is 0.619. The van der Waals surface area contributed by atoms with Crippen molar-refractivity contribution < 1.29 is 10.2 Å². The van der Waals surface area contributed by atoms with Crippen molar-refractivity contribution in [3.63, 3.8) is 0 Å². The Morgan fingerprint density at radius 3 is 2.33 bits per heavy atom. The third-order valence-electron chi connectivity index (χ3n) is 6.23. The molecule has 2 N–H and O–H groups in total. The van der Waals surface area contributed by atoms with E-state index in [4.69, 9.17) is 0 Å². The lowest BCUT2D eigenvalue weighted by molar-refractivity contribution is -0.0895. The largest absolute Gasteiger partial charge is 0.386 e. The van der Waals surface area contributed by atoms with E-state index in [0.29, 0.717) is 0 Å². The number of allylic oxidation sites excluding steroid dienone is 3. The van der Waals surface area contributed by atoms with Crippen LogP contribution in [0.2, 0.25) is 25.2 Å². The molecule has 0 aliphatic heterocycles. The van der Waals surface area contributed by atoms with Crippen LogP contribution in [-0.2, 0) is 0 Å². The monoisotopic (exact) mass is 346 g/mol. The van der Waals surface area contributed by atoms with Crippen molar-refractivity contribution in [1.29, 1.82) is 0 Å². The Kier molecular flexibility index (Phi) is 5.48. The molecule has 2 aliphatic rings. The third kappa shape index (κ3) is 3.26. The molecule has 1 spiro atoms. The first kappa shape index (κ1) is 19.4. The van der Waals surface area contributed by atoms with Gasteiger partial charge in [0.15, 0.2) is 0 Å². The van der Waals surface area contributed by atoms with E-state index in [9.17, 15) is 10.2 Å². The molecule has 0 saturated heterocycles. The van der Waals surface area contributed by atoms with Crippen molar-refractivity contribution in [3.05, 3.63) is 48.1 Å². The zero-order valence-electron chi connectivity index (χ0n) is 15.9. The highest BCUT2D eigenvalue weighted by Gasteiger charge is 2.63. The predicted octanol–water partition coefficient (Wildman–Crippen LogP) is 5.00. The zero-order valence-corrected chi connectivity index (χ0v) is 16.9. The molecule has 2 nitrogen and oxygen atoms in total. The molecule has 0 aromatic heterocycles. The van der Waals surface area contributed by atoms with Crippen LogP contribution in [0.1, 0.15) is 39.5 Å². The Balaban J connectivity index is 2.44. The van der Waals surface area contributed by atoms with Crippen molar-refractivity contribution in [3.8, 4) is 0 Å². The van der Waals surface area contributed by atoms with Gasteiger partial charge in [-0.2, -0.15) is 0 Å². The molecule has 2 atom stereocenters. The van der Waals surface area contributed by atoms with Crippen LogP contribution < -0.4 is 0 Å². The van der Waals surface area contributed by atoms with Crippen molar-refractivity contribution in [1.82, 2.24) is 0 Å². The molecule has 2 rings (SSSR count). The van der Waals surface area contributed by atoms with Gasteiger partial charge in [-0.3, -0.25) is 0 Å². The first-order chi connectivity index (χ1) is 11.1. The van der Waals surface area contributed by atoms with Crippen molar-refractivity contribution in [2.24, 2.45) is 5.41 Å². The fourth-order valence-corrected chi connectivity index (χ4v) is 6.01. The highest BCUT2D eigenvalue weighted by atomic mass is 28.3.